The number of hydrogen-bond donors (Lipinski definition) is 2. The molecule has 0 saturated heterocycles. The van der Waals surface area contributed by atoms with E-state index in [1.807, 2.05) is 60.5 Å². The summed E-state index contributed by atoms with van der Waals surface area (Å²) in [5, 5.41) is 12.7. The molecule has 2 aromatic carbocycles. The molecule has 0 aliphatic rings. The average Bonchev–Trinajstić information content (AvgIpc) is 2.62. The first-order chi connectivity index (χ1) is 11.7. The Morgan fingerprint density at radius 1 is 1.12 bits per heavy atom. The summed E-state index contributed by atoms with van der Waals surface area (Å²) >= 11 is 0. The van der Waals surface area contributed by atoms with Gasteiger partial charge in [-0.3, -0.25) is 9.78 Å². The van der Waals surface area contributed by atoms with Crippen molar-refractivity contribution in [3.63, 3.8) is 0 Å². The number of fused-ring (bicyclic) bond motifs is 1. The molecule has 3 rings (SSSR count). The first-order valence-electron chi connectivity index (χ1n) is 7.76. The second-order valence-corrected chi connectivity index (χ2v) is 5.52. The Morgan fingerprint density at radius 3 is 2.62 bits per heavy atom. The number of hydrogen-bond acceptors (Lipinski definition) is 4. The highest BCUT2D eigenvalue weighted by molar-refractivity contribution is 6.12. The van der Waals surface area contributed by atoms with Crippen molar-refractivity contribution in [2.75, 3.05) is 30.4 Å². The summed E-state index contributed by atoms with van der Waals surface area (Å²) in [5.74, 6) is -0.162. The van der Waals surface area contributed by atoms with Gasteiger partial charge < -0.3 is 15.3 Å². The third-order valence-electron chi connectivity index (χ3n) is 3.90. The molecule has 0 fully saturated rings. The van der Waals surface area contributed by atoms with Gasteiger partial charge in [0.25, 0.3) is 5.91 Å². The first kappa shape index (κ1) is 16.0. The van der Waals surface area contributed by atoms with Crippen LogP contribution in [0.15, 0.2) is 60.8 Å². The van der Waals surface area contributed by atoms with Gasteiger partial charge in [-0.05, 0) is 36.4 Å². The lowest BCUT2D eigenvalue weighted by atomic mass is 10.1. The highest BCUT2D eigenvalue weighted by Gasteiger charge is 2.10. The maximum atomic E-state index is 12.6. The minimum atomic E-state index is -0.162. The number of nitrogens with one attached hydrogen (secondary N) is 1. The summed E-state index contributed by atoms with van der Waals surface area (Å²) < 4.78 is 0. The number of nitrogens with zero attached hydrogens (tertiary/aromatic N) is 2. The molecule has 0 saturated carbocycles. The predicted molar refractivity (Wildman–Crippen MR) is 96.5 cm³/mol. The van der Waals surface area contributed by atoms with E-state index in [9.17, 15) is 4.79 Å². The number of para-hydroxylation sites is 1. The van der Waals surface area contributed by atoms with Crippen molar-refractivity contribution >= 4 is 28.2 Å². The lowest BCUT2D eigenvalue weighted by molar-refractivity contribution is 0.102. The predicted octanol–water partition coefficient (Wildman–Crippen LogP) is 2.92. The fourth-order valence-corrected chi connectivity index (χ4v) is 2.57. The average molecular weight is 321 g/mol. The molecule has 0 spiro atoms. The number of anilines is 2. The van der Waals surface area contributed by atoms with Gasteiger partial charge in [0.15, 0.2) is 0 Å². The van der Waals surface area contributed by atoms with Crippen LogP contribution in [0.1, 0.15) is 10.4 Å². The summed E-state index contributed by atoms with van der Waals surface area (Å²) in [6.07, 6.45) is 1.64. The molecule has 5 nitrogen and oxygen atoms in total. The molecule has 1 heterocycles. The van der Waals surface area contributed by atoms with Gasteiger partial charge in [-0.25, -0.2) is 0 Å². The molecular weight excluding hydrogens is 302 g/mol. The molecule has 5 heteroatoms. The SMILES string of the molecule is CN(CCO)c1ccc(NC(=O)c2ccnc3ccccc23)cc1. The van der Waals surface area contributed by atoms with Crippen LogP contribution in [0.25, 0.3) is 10.9 Å². The summed E-state index contributed by atoms with van der Waals surface area (Å²) in [6, 6.07) is 16.8. The Bertz CT molecular complexity index is 841. The van der Waals surface area contributed by atoms with Gasteiger partial charge in [0, 0.05) is 36.6 Å². The van der Waals surface area contributed by atoms with Gasteiger partial charge in [0.05, 0.1) is 17.7 Å². The standard InChI is InChI=1S/C19H19N3O2/c1-22(12-13-23)15-8-6-14(7-9-15)21-19(24)17-10-11-20-18-5-3-2-4-16(17)18/h2-11,23H,12-13H2,1H3,(H,21,24). The van der Waals surface area contributed by atoms with Crippen molar-refractivity contribution in [1.82, 2.24) is 4.98 Å². The fourth-order valence-electron chi connectivity index (χ4n) is 2.57. The van der Waals surface area contributed by atoms with Crippen molar-refractivity contribution < 1.29 is 9.90 Å². The van der Waals surface area contributed by atoms with Gasteiger partial charge >= 0.3 is 0 Å². The highest BCUT2D eigenvalue weighted by Crippen LogP contribution is 2.20. The number of aromatic nitrogens is 1. The fraction of sp³-hybridized carbons (Fsp3) is 0.158. The molecule has 0 unspecified atom stereocenters. The van der Waals surface area contributed by atoms with Crippen LogP contribution in [-0.4, -0.2) is 36.2 Å². The molecule has 1 amide bonds. The Kier molecular flexibility index (Phi) is 4.72. The molecule has 0 aliphatic carbocycles. The van der Waals surface area contributed by atoms with Gasteiger partial charge in [0.1, 0.15) is 0 Å². The van der Waals surface area contributed by atoms with E-state index in [0.717, 1.165) is 22.3 Å². The number of aliphatic hydroxyl groups is 1. The minimum absolute atomic E-state index is 0.101. The Hall–Kier alpha value is -2.92. The molecule has 0 atom stereocenters. The van der Waals surface area contributed by atoms with Crippen LogP contribution < -0.4 is 10.2 Å². The number of carbonyl (C=O) groups is 1. The lowest BCUT2D eigenvalue weighted by Gasteiger charge is -2.18. The van der Waals surface area contributed by atoms with Gasteiger partial charge in [-0.1, -0.05) is 18.2 Å². The number of amides is 1. The number of carbonyl (C=O) groups excluding carboxylic acids is 1. The number of aliphatic hydroxyl groups excluding tert-OH is 1. The molecule has 0 bridgehead atoms. The zero-order chi connectivity index (χ0) is 16.9. The minimum Gasteiger partial charge on any atom is -0.395 e. The monoisotopic (exact) mass is 321 g/mol. The van der Waals surface area contributed by atoms with Crippen molar-refractivity contribution in [3.05, 3.63) is 66.4 Å². The van der Waals surface area contributed by atoms with E-state index in [1.165, 1.54) is 0 Å². The zero-order valence-corrected chi connectivity index (χ0v) is 13.4. The Balaban J connectivity index is 1.79. The third kappa shape index (κ3) is 3.36. The van der Waals surface area contributed by atoms with E-state index < -0.39 is 0 Å². The van der Waals surface area contributed by atoms with Crippen molar-refractivity contribution in [1.29, 1.82) is 0 Å². The normalized spacial score (nSPS) is 10.6. The van der Waals surface area contributed by atoms with Crippen LogP contribution >= 0.6 is 0 Å². The maximum Gasteiger partial charge on any atom is 0.256 e. The zero-order valence-electron chi connectivity index (χ0n) is 13.4. The van der Waals surface area contributed by atoms with E-state index in [4.69, 9.17) is 5.11 Å². The first-order valence-corrected chi connectivity index (χ1v) is 7.76. The van der Waals surface area contributed by atoms with E-state index in [0.29, 0.717) is 12.1 Å². The Morgan fingerprint density at radius 2 is 1.88 bits per heavy atom. The summed E-state index contributed by atoms with van der Waals surface area (Å²) in [7, 11) is 1.91. The van der Waals surface area contributed by atoms with Gasteiger partial charge in [-0.2, -0.15) is 0 Å². The van der Waals surface area contributed by atoms with Crippen LogP contribution in [-0.2, 0) is 0 Å². The number of likely N-dealkylation sites (N-methyl/N-ethyl adjacent to an activating group) is 1. The van der Waals surface area contributed by atoms with E-state index in [1.54, 1.807) is 12.3 Å². The van der Waals surface area contributed by atoms with Gasteiger partial charge in [0.2, 0.25) is 0 Å². The van der Waals surface area contributed by atoms with Crippen molar-refractivity contribution in [3.8, 4) is 0 Å². The molecule has 0 radical (unpaired) electrons. The van der Waals surface area contributed by atoms with Crippen LogP contribution in [0.4, 0.5) is 11.4 Å². The largest absolute Gasteiger partial charge is 0.395 e. The molecule has 1 aromatic heterocycles. The van der Waals surface area contributed by atoms with Crippen LogP contribution in [0.5, 0.6) is 0 Å². The molecule has 2 N–H and O–H groups in total. The van der Waals surface area contributed by atoms with Gasteiger partial charge in [-0.15, -0.1) is 0 Å². The number of rotatable bonds is 5. The molecule has 0 aliphatic heterocycles. The molecular formula is C19H19N3O2. The Labute approximate surface area is 140 Å². The maximum absolute atomic E-state index is 12.6. The van der Waals surface area contributed by atoms with Crippen molar-refractivity contribution in [2.24, 2.45) is 0 Å². The quantitative estimate of drug-likeness (QED) is 0.758. The summed E-state index contributed by atoms with van der Waals surface area (Å²) in [5.41, 5.74) is 3.10. The van der Waals surface area contributed by atoms with Crippen LogP contribution in [0, 0.1) is 0 Å². The van der Waals surface area contributed by atoms with E-state index in [2.05, 4.69) is 10.3 Å². The van der Waals surface area contributed by atoms with Crippen molar-refractivity contribution in [2.45, 2.75) is 0 Å². The smallest absolute Gasteiger partial charge is 0.256 e. The third-order valence-corrected chi connectivity index (χ3v) is 3.90. The molecule has 24 heavy (non-hydrogen) atoms. The van der Waals surface area contributed by atoms with E-state index in [-0.39, 0.29) is 12.5 Å². The lowest BCUT2D eigenvalue weighted by Crippen LogP contribution is -2.21. The second-order valence-electron chi connectivity index (χ2n) is 5.52. The summed E-state index contributed by atoms with van der Waals surface area (Å²) in [6.45, 7) is 0.665. The number of benzene rings is 2. The second kappa shape index (κ2) is 7.10. The molecule has 3 aromatic rings. The topological polar surface area (TPSA) is 65.5 Å². The molecule has 122 valence electrons. The number of pyridine rings is 1. The van der Waals surface area contributed by atoms with Crippen LogP contribution in [0.3, 0.4) is 0 Å². The van der Waals surface area contributed by atoms with Crippen LogP contribution in [0.2, 0.25) is 0 Å². The van der Waals surface area contributed by atoms with E-state index >= 15 is 0 Å². The highest BCUT2D eigenvalue weighted by atomic mass is 16.3. The summed E-state index contributed by atoms with van der Waals surface area (Å²) in [4.78, 5) is 18.8.